The number of aryl methyl sites for hydroxylation is 1. The summed E-state index contributed by atoms with van der Waals surface area (Å²) >= 11 is 0. The number of nitrogen functional groups attached to an aromatic ring is 1. The maximum atomic E-state index is 9.38. The first-order valence-electron chi connectivity index (χ1n) is 7.25. The number of para-hydroxylation sites is 2. The lowest BCUT2D eigenvalue weighted by molar-refractivity contribution is 0.764. The van der Waals surface area contributed by atoms with E-state index in [1.165, 1.54) is 0 Å². The van der Waals surface area contributed by atoms with Crippen LogP contribution in [0.15, 0.2) is 42.5 Å². The Morgan fingerprint density at radius 1 is 1.14 bits per heavy atom. The van der Waals surface area contributed by atoms with Gasteiger partial charge in [0.1, 0.15) is 6.07 Å². The standard InChI is InChI=1S/C18H21N3/c1-3-11-21(13-16-8-4-5-10-17(16)20)18-14(2)7-6-9-15(18)12-19/h4-10H,3,11,13,20H2,1-2H3. The van der Waals surface area contributed by atoms with Crippen molar-refractivity contribution in [2.24, 2.45) is 0 Å². The molecule has 21 heavy (non-hydrogen) atoms. The third-order valence-electron chi connectivity index (χ3n) is 3.58. The van der Waals surface area contributed by atoms with E-state index in [2.05, 4.69) is 17.9 Å². The van der Waals surface area contributed by atoms with Gasteiger partial charge < -0.3 is 10.6 Å². The summed E-state index contributed by atoms with van der Waals surface area (Å²) in [5.74, 6) is 0. The zero-order valence-electron chi connectivity index (χ0n) is 12.6. The zero-order valence-corrected chi connectivity index (χ0v) is 12.6. The summed E-state index contributed by atoms with van der Waals surface area (Å²) in [5.41, 5.74) is 10.8. The van der Waals surface area contributed by atoms with E-state index in [9.17, 15) is 5.26 Å². The summed E-state index contributed by atoms with van der Waals surface area (Å²) < 4.78 is 0. The van der Waals surface area contributed by atoms with Gasteiger partial charge >= 0.3 is 0 Å². The van der Waals surface area contributed by atoms with Gasteiger partial charge in [0.25, 0.3) is 0 Å². The van der Waals surface area contributed by atoms with Gasteiger partial charge in [-0.1, -0.05) is 37.3 Å². The molecule has 0 atom stereocenters. The predicted molar refractivity (Wildman–Crippen MR) is 88.1 cm³/mol. The largest absolute Gasteiger partial charge is 0.398 e. The van der Waals surface area contributed by atoms with Crippen molar-refractivity contribution < 1.29 is 0 Å². The highest BCUT2D eigenvalue weighted by Gasteiger charge is 2.14. The van der Waals surface area contributed by atoms with Gasteiger partial charge in [-0.2, -0.15) is 5.26 Å². The predicted octanol–water partition coefficient (Wildman–Crippen LogP) is 3.87. The van der Waals surface area contributed by atoms with Crippen LogP contribution in [0.1, 0.15) is 30.0 Å². The SMILES string of the molecule is CCCN(Cc1ccccc1N)c1c(C)cccc1C#N. The van der Waals surface area contributed by atoms with Crippen molar-refractivity contribution in [2.45, 2.75) is 26.8 Å². The smallest absolute Gasteiger partial charge is 0.101 e. The number of nitrogens with two attached hydrogens (primary N) is 1. The van der Waals surface area contributed by atoms with Gasteiger partial charge in [0.15, 0.2) is 0 Å². The van der Waals surface area contributed by atoms with Crippen molar-refractivity contribution in [3.8, 4) is 6.07 Å². The molecule has 0 fully saturated rings. The Morgan fingerprint density at radius 3 is 2.57 bits per heavy atom. The molecule has 0 spiro atoms. The number of nitriles is 1. The molecule has 2 rings (SSSR count). The molecule has 2 aromatic rings. The number of nitrogens with zero attached hydrogens (tertiary/aromatic N) is 2. The van der Waals surface area contributed by atoms with E-state index >= 15 is 0 Å². The minimum atomic E-state index is 0.720. The molecule has 0 aliphatic carbocycles. The molecule has 2 aromatic carbocycles. The maximum Gasteiger partial charge on any atom is 0.101 e. The highest BCUT2D eigenvalue weighted by Crippen LogP contribution is 2.27. The van der Waals surface area contributed by atoms with Crippen molar-refractivity contribution in [3.63, 3.8) is 0 Å². The number of benzene rings is 2. The number of anilines is 2. The second kappa shape index (κ2) is 6.81. The normalized spacial score (nSPS) is 10.1. The molecule has 108 valence electrons. The molecule has 0 saturated heterocycles. The molecular weight excluding hydrogens is 258 g/mol. The molecule has 0 amide bonds. The van der Waals surface area contributed by atoms with Gasteiger partial charge in [0, 0.05) is 18.8 Å². The topological polar surface area (TPSA) is 53.0 Å². The summed E-state index contributed by atoms with van der Waals surface area (Å²) in [5, 5.41) is 9.38. The van der Waals surface area contributed by atoms with Crippen LogP contribution < -0.4 is 10.6 Å². The first kappa shape index (κ1) is 14.9. The summed E-state index contributed by atoms with van der Waals surface area (Å²) in [6, 6.07) is 16.1. The van der Waals surface area contributed by atoms with Crippen LogP contribution in [-0.4, -0.2) is 6.54 Å². The van der Waals surface area contributed by atoms with Gasteiger partial charge in [-0.05, 0) is 36.6 Å². The maximum absolute atomic E-state index is 9.38. The van der Waals surface area contributed by atoms with Crippen LogP contribution >= 0.6 is 0 Å². The molecule has 0 aliphatic rings. The fraction of sp³-hybridized carbons (Fsp3) is 0.278. The monoisotopic (exact) mass is 279 g/mol. The minimum absolute atomic E-state index is 0.720. The lowest BCUT2D eigenvalue weighted by atomic mass is 10.1. The van der Waals surface area contributed by atoms with Crippen molar-refractivity contribution in [2.75, 3.05) is 17.2 Å². The molecule has 0 bridgehead atoms. The van der Waals surface area contributed by atoms with Crippen LogP contribution in [0.2, 0.25) is 0 Å². The average molecular weight is 279 g/mol. The second-order valence-electron chi connectivity index (χ2n) is 5.20. The molecule has 0 unspecified atom stereocenters. The molecule has 0 saturated carbocycles. The van der Waals surface area contributed by atoms with Crippen molar-refractivity contribution in [1.82, 2.24) is 0 Å². The highest BCUT2D eigenvalue weighted by molar-refractivity contribution is 5.64. The quantitative estimate of drug-likeness (QED) is 0.845. The van der Waals surface area contributed by atoms with E-state index in [-0.39, 0.29) is 0 Å². The molecule has 3 nitrogen and oxygen atoms in total. The van der Waals surface area contributed by atoms with E-state index in [0.717, 1.165) is 47.6 Å². The van der Waals surface area contributed by atoms with Crippen LogP contribution in [0, 0.1) is 18.3 Å². The van der Waals surface area contributed by atoms with E-state index in [1.807, 2.05) is 49.4 Å². The summed E-state index contributed by atoms with van der Waals surface area (Å²) in [7, 11) is 0. The van der Waals surface area contributed by atoms with E-state index in [4.69, 9.17) is 5.73 Å². The summed E-state index contributed by atoms with van der Waals surface area (Å²) in [4.78, 5) is 2.25. The van der Waals surface area contributed by atoms with Crippen LogP contribution in [0.3, 0.4) is 0 Å². The molecule has 3 heteroatoms. The van der Waals surface area contributed by atoms with Crippen molar-refractivity contribution >= 4 is 11.4 Å². The Labute approximate surface area is 126 Å². The first-order chi connectivity index (χ1) is 10.2. The summed E-state index contributed by atoms with van der Waals surface area (Å²) in [6.45, 7) is 5.81. The van der Waals surface area contributed by atoms with E-state index in [1.54, 1.807) is 0 Å². The Morgan fingerprint density at radius 2 is 1.90 bits per heavy atom. The Hall–Kier alpha value is -2.47. The molecule has 0 aromatic heterocycles. The van der Waals surface area contributed by atoms with Crippen LogP contribution in [0.25, 0.3) is 0 Å². The molecular formula is C18H21N3. The van der Waals surface area contributed by atoms with Gasteiger partial charge in [-0.25, -0.2) is 0 Å². The number of hydrogen-bond donors (Lipinski definition) is 1. The minimum Gasteiger partial charge on any atom is -0.398 e. The summed E-state index contributed by atoms with van der Waals surface area (Å²) in [6.07, 6.45) is 1.02. The van der Waals surface area contributed by atoms with Crippen molar-refractivity contribution in [1.29, 1.82) is 5.26 Å². The van der Waals surface area contributed by atoms with Crippen molar-refractivity contribution in [3.05, 3.63) is 59.2 Å². The van der Waals surface area contributed by atoms with E-state index in [0.29, 0.717) is 0 Å². The average Bonchev–Trinajstić information content (AvgIpc) is 2.48. The number of hydrogen-bond acceptors (Lipinski definition) is 3. The fourth-order valence-corrected chi connectivity index (χ4v) is 2.59. The second-order valence-corrected chi connectivity index (χ2v) is 5.20. The molecule has 2 N–H and O–H groups in total. The lowest BCUT2D eigenvalue weighted by Crippen LogP contribution is -2.25. The first-order valence-corrected chi connectivity index (χ1v) is 7.25. The lowest BCUT2D eigenvalue weighted by Gasteiger charge is -2.27. The number of rotatable bonds is 5. The van der Waals surface area contributed by atoms with E-state index < -0.39 is 0 Å². The van der Waals surface area contributed by atoms with Gasteiger partial charge in [0.05, 0.1) is 11.3 Å². The van der Waals surface area contributed by atoms with Crippen LogP contribution in [0.4, 0.5) is 11.4 Å². The Balaban J connectivity index is 2.41. The Bertz CT molecular complexity index is 656. The van der Waals surface area contributed by atoms with Crippen LogP contribution in [-0.2, 0) is 6.54 Å². The zero-order chi connectivity index (χ0) is 15.2. The molecule has 0 aliphatic heterocycles. The Kier molecular flexibility index (Phi) is 4.84. The van der Waals surface area contributed by atoms with Crippen LogP contribution in [0.5, 0.6) is 0 Å². The third-order valence-corrected chi connectivity index (χ3v) is 3.58. The molecule has 0 heterocycles. The molecule has 0 radical (unpaired) electrons. The third kappa shape index (κ3) is 3.35. The van der Waals surface area contributed by atoms with Gasteiger partial charge in [0.2, 0.25) is 0 Å². The van der Waals surface area contributed by atoms with Gasteiger partial charge in [-0.15, -0.1) is 0 Å². The van der Waals surface area contributed by atoms with Gasteiger partial charge in [-0.3, -0.25) is 0 Å². The highest BCUT2D eigenvalue weighted by atomic mass is 15.1. The fourth-order valence-electron chi connectivity index (χ4n) is 2.59.